The van der Waals surface area contributed by atoms with Gasteiger partial charge < -0.3 is 22.7 Å². The predicted octanol–water partition coefficient (Wildman–Crippen LogP) is 2.45. The molecule has 1 heterocycles. The monoisotopic (exact) mass is 243 g/mol. The van der Waals surface area contributed by atoms with Crippen molar-refractivity contribution in [1.82, 2.24) is 4.90 Å². The first-order valence-electron chi connectivity index (χ1n) is 5.20. The Hall–Kier alpha value is -1.66. The minimum absolute atomic E-state index is 0.344. The number of urea groups is 1. The lowest BCUT2D eigenvalue weighted by molar-refractivity contribution is 0.210. The van der Waals surface area contributed by atoms with Gasteiger partial charge in [-0.3, -0.25) is 0 Å². The summed E-state index contributed by atoms with van der Waals surface area (Å²) in [5.74, 6) is 0. The van der Waals surface area contributed by atoms with Crippen molar-refractivity contribution in [3.8, 4) is 0 Å². The van der Waals surface area contributed by atoms with E-state index < -0.39 is 19.5 Å². The number of carbonyl (C=O) groups is 1. The zero-order chi connectivity index (χ0) is 12.6. The maximum Gasteiger partial charge on any atom is 0.497 e. The number of amides is 2. The Morgan fingerprint density at radius 3 is 2.59 bits per heavy atom. The molecule has 0 radical (unpaired) electrons. The predicted molar refractivity (Wildman–Crippen MR) is 59.7 cm³/mol. The first-order valence-corrected chi connectivity index (χ1v) is 5.20. The molecule has 1 aliphatic heterocycles. The third-order valence-electron chi connectivity index (χ3n) is 2.64. The molecule has 3 nitrogen and oxygen atoms in total. The van der Waals surface area contributed by atoms with Crippen LogP contribution in [0.15, 0.2) is 24.3 Å². The highest BCUT2D eigenvalue weighted by Gasteiger charge is 2.34. The number of benzene rings is 1. The standard InChI is InChI=1S/C10H11BF3N2O/c1-15-6-8-4-2-3-5-9(8)16(10(15)17)7-11(12,13)14/h2-5H,6-7H2,1H3/q-1. The van der Waals surface area contributed by atoms with E-state index in [2.05, 4.69) is 0 Å². The minimum Gasteiger partial charge on any atom is -0.448 e. The molecule has 17 heavy (non-hydrogen) atoms. The molecule has 1 aromatic rings. The van der Waals surface area contributed by atoms with Crippen molar-refractivity contribution in [1.29, 1.82) is 0 Å². The lowest BCUT2D eigenvalue weighted by atomic mass is 9.90. The van der Waals surface area contributed by atoms with Gasteiger partial charge in [0, 0.05) is 19.3 Å². The molecule has 1 aliphatic rings. The van der Waals surface area contributed by atoms with Crippen molar-refractivity contribution in [2.45, 2.75) is 6.54 Å². The number of fused-ring (bicyclic) bond motifs is 1. The number of nitrogens with zero attached hydrogens (tertiary/aromatic N) is 2. The summed E-state index contributed by atoms with van der Waals surface area (Å²) in [6.07, 6.45) is -1.19. The van der Waals surface area contributed by atoms with Crippen LogP contribution in [0.25, 0.3) is 0 Å². The smallest absolute Gasteiger partial charge is 0.448 e. The average Bonchev–Trinajstić information content (AvgIpc) is 2.23. The number of halogens is 3. The Kier molecular flexibility index (Phi) is 2.77. The maximum absolute atomic E-state index is 12.5. The highest BCUT2D eigenvalue weighted by atomic mass is 19.4. The molecule has 7 heteroatoms. The maximum atomic E-state index is 12.5. The van der Waals surface area contributed by atoms with Gasteiger partial charge >= 0.3 is 13.0 Å². The van der Waals surface area contributed by atoms with Crippen molar-refractivity contribution >= 4 is 18.7 Å². The van der Waals surface area contributed by atoms with E-state index in [0.717, 1.165) is 10.5 Å². The topological polar surface area (TPSA) is 23.6 Å². The molecular formula is C10H11BF3N2O-. The molecule has 0 spiro atoms. The second kappa shape index (κ2) is 3.98. The van der Waals surface area contributed by atoms with Crippen LogP contribution in [0.1, 0.15) is 5.56 Å². The van der Waals surface area contributed by atoms with Gasteiger partial charge in [0.1, 0.15) is 0 Å². The van der Waals surface area contributed by atoms with Crippen LogP contribution < -0.4 is 4.90 Å². The summed E-state index contributed by atoms with van der Waals surface area (Å²) in [7, 11) is 1.49. The summed E-state index contributed by atoms with van der Waals surface area (Å²) in [4.78, 5) is 13.8. The van der Waals surface area contributed by atoms with Crippen LogP contribution in [0.2, 0.25) is 0 Å². The van der Waals surface area contributed by atoms with E-state index in [4.69, 9.17) is 0 Å². The summed E-state index contributed by atoms with van der Waals surface area (Å²) in [6, 6.07) is 6.05. The third-order valence-corrected chi connectivity index (χ3v) is 2.64. The molecule has 1 aromatic carbocycles. The average molecular weight is 243 g/mol. The molecule has 0 fully saturated rings. The number of anilines is 1. The quantitative estimate of drug-likeness (QED) is 0.731. The molecule has 0 atom stereocenters. The van der Waals surface area contributed by atoms with E-state index in [9.17, 15) is 17.7 Å². The van der Waals surface area contributed by atoms with Gasteiger partial charge in [0.25, 0.3) is 0 Å². The van der Waals surface area contributed by atoms with Crippen LogP contribution >= 0.6 is 0 Å². The lowest BCUT2D eigenvalue weighted by Crippen LogP contribution is -2.50. The van der Waals surface area contributed by atoms with Crippen LogP contribution in [-0.2, 0) is 6.54 Å². The Labute approximate surface area is 96.9 Å². The van der Waals surface area contributed by atoms with Crippen LogP contribution in [0.4, 0.5) is 23.4 Å². The summed E-state index contributed by atoms with van der Waals surface area (Å²) < 4.78 is 37.5. The molecule has 0 saturated heterocycles. The second-order valence-corrected chi connectivity index (χ2v) is 4.09. The normalized spacial score (nSPS) is 16.1. The number of hydrogen-bond donors (Lipinski definition) is 0. The van der Waals surface area contributed by atoms with E-state index in [-0.39, 0.29) is 0 Å². The first kappa shape index (κ1) is 11.8. The first-order chi connectivity index (χ1) is 7.88. The molecule has 0 aromatic heterocycles. The molecular weight excluding hydrogens is 232 g/mol. The summed E-state index contributed by atoms with van der Waals surface area (Å²) in [5, 5.41) is 0. The highest BCUT2D eigenvalue weighted by molar-refractivity contribution is 6.59. The van der Waals surface area contributed by atoms with Gasteiger partial charge in [-0.25, -0.2) is 4.79 Å². The molecule has 92 valence electrons. The van der Waals surface area contributed by atoms with Gasteiger partial charge in [0.2, 0.25) is 0 Å². The Morgan fingerprint density at radius 1 is 1.29 bits per heavy atom. The molecule has 2 amide bonds. The van der Waals surface area contributed by atoms with Crippen LogP contribution in [0, 0.1) is 0 Å². The van der Waals surface area contributed by atoms with Crippen molar-refractivity contribution in [2.24, 2.45) is 0 Å². The fourth-order valence-corrected chi connectivity index (χ4v) is 1.92. The highest BCUT2D eigenvalue weighted by Crippen LogP contribution is 2.29. The third kappa shape index (κ3) is 2.37. The zero-order valence-corrected chi connectivity index (χ0v) is 9.24. The van der Waals surface area contributed by atoms with E-state index in [1.54, 1.807) is 24.3 Å². The molecule has 0 N–H and O–H groups in total. The van der Waals surface area contributed by atoms with E-state index in [0.29, 0.717) is 12.2 Å². The van der Waals surface area contributed by atoms with Gasteiger partial charge in [-0.2, -0.15) is 0 Å². The molecule has 2 rings (SSSR count). The summed E-state index contributed by atoms with van der Waals surface area (Å²) in [5.41, 5.74) is 1.09. The SMILES string of the molecule is CN1Cc2ccccc2N(C[B-](F)(F)F)C1=O. The van der Waals surface area contributed by atoms with E-state index in [1.165, 1.54) is 11.9 Å². The van der Waals surface area contributed by atoms with Crippen molar-refractivity contribution in [3.05, 3.63) is 29.8 Å². The number of hydrogen-bond acceptors (Lipinski definition) is 1. The van der Waals surface area contributed by atoms with Crippen LogP contribution in [0.5, 0.6) is 0 Å². The Balaban J connectivity index is 2.39. The number of carbonyl (C=O) groups excluding carboxylic acids is 1. The minimum atomic E-state index is -5.03. The van der Waals surface area contributed by atoms with Crippen molar-refractivity contribution in [2.75, 3.05) is 18.4 Å². The number of para-hydroxylation sites is 1. The zero-order valence-electron chi connectivity index (χ0n) is 9.24. The summed E-state index contributed by atoms with van der Waals surface area (Å²) >= 11 is 0. The largest absolute Gasteiger partial charge is 0.497 e. The lowest BCUT2D eigenvalue weighted by Gasteiger charge is -2.37. The number of rotatable bonds is 2. The summed E-state index contributed by atoms with van der Waals surface area (Å²) in [6.45, 7) is -4.69. The van der Waals surface area contributed by atoms with Gasteiger partial charge in [0.15, 0.2) is 0 Å². The molecule has 0 saturated carbocycles. The van der Waals surface area contributed by atoms with Gasteiger partial charge in [-0.15, -0.1) is 0 Å². The molecule has 0 unspecified atom stereocenters. The van der Waals surface area contributed by atoms with Gasteiger partial charge in [0.05, 0.1) is 0 Å². The fraction of sp³-hybridized carbons (Fsp3) is 0.300. The van der Waals surface area contributed by atoms with Gasteiger partial charge in [-0.05, 0) is 18.1 Å². The van der Waals surface area contributed by atoms with Gasteiger partial charge in [-0.1, -0.05) is 18.2 Å². The van der Waals surface area contributed by atoms with E-state index in [1.807, 2.05) is 0 Å². The fourth-order valence-electron chi connectivity index (χ4n) is 1.92. The second-order valence-electron chi connectivity index (χ2n) is 4.09. The molecule has 0 bridgehead atoms. The molecule has 0 aliphatic carbocycles. The van der Waals surface area contributed by atoms with E-state index >= 15 is 0 Å². The Morgan fingerprint density at radius 2 is 1.94 bits per heavy atom. The van der Waals surface area contributed by atoms with Crippen LogP contribution in [-0.4, -0.2) is 31.4 Å². The van der Waals surface area contributed by atoms with Crippen LogP contribution in [0.3, 0.4) is 0 Å². The van der Waals surface area contributed by atoms with Crippen molar-refractivity contribution < 1.29 is 17.7 Å². The Bertz CT molecular complexity index is 449. The van der Waals surface area contributed by atoms with Crippen molar-refractivity contribution in [3.63, 3.8) is 0 Å².